The van der Waals surface area contributed by atoms with Crippen LogP contribution in [0.1, 0.15) is 66.5 Å². The second-order valence-corrected chi connectivity index (χ2v) is 10.3. The predicted molar refractivity (Wildman–Crippen MR) is 135 cm³/mol. The first-order valence-corrected chi connectivity index (χ1v) is 12.1. The third-order valence-electron chi connectivity index (χ3n) is 6.62. The highest BCUT2D eigenvalue weighted by Crippen LogP contribution is 2.38. The average molecular weight is 490 g/mol. The Kier molecular flexibility index (Phi) is 5.81. The van der Waals surface area contributed by atoms with Crippen LogP contribution in [0.4, 0.5) is 8.78 Å². The van der Waals surface area contributed by atoms with Gasteiger partial charge in [0.05, 0.1) is 28.0 Å². The normalized spacial score (nSPS) is 14.2. The van der Waals surface area contributed by atoms with Crippen molar-refractivity contribution >= 4 is 11.4 Å². The molecule has 5 nitrogen and oxygen atoms in total. The molecule has 7 heteroatoms. The van der Waals surface area contributed by atoms with Gasteiger partial charge in [-0.3, -0.25) is 4.79 Å². The van der Waals surface area contributed by atoms with Gasteiger partial charge in [-0.1, -0.05) is 38.1 Å². The van der Waals surface area contributed by atoms with Crippen LogP contribution in [0.15, 0.2) is 48.5 Å². The molecule has 0 fully saturated rings. The SMILES string of the molecule is Cc1nn2c(C(C)C)c(C(=O)NCc3cccc4c3OC(C)(C)C4)ccc2c1-c1c(F)cccc1F. The standard InChI is InChI=1S/C29H29F2N3O2/c1-16(2)26-20(28(35)32-15-19-9-6-8-18-14-29(4,5)36-27(18)19)12-13-23-24(17(3)33-34(23)26)25-21(30)10-7-11-22(25)31/h6-13,16H,14-15H2,1-5H3,(H,32,35). The number of halogens is 2. The molecule has 0 saturated carbocycles. The number of aromatic nitrogens is 2. The molecule has 186 valence electrons. The number of benzene rings is 2. The fourth-order valence-corrected chi connectivity index (χ4v) is 5.13. The molecule has 0 bridgehead atoms. The Morgan fingerprint density at radius 3 is 2.47 bits per heavy atom. The summed E-state index contributed by atoms with van der Waals surface area (Å²) in [6.45, 7) is 10.1. The van der Waals surface area contributed by atoms with Crippen LogP contribution >= 0.6 is 0 Å². The van der Waals surface area contributed by atoms with Crippen molar-refractivity contribution < 1.29 is 18.3 Å². The maximum absolute atomic E-state index is 14.6. The molecule has 36 heavy (non-hydrogen) atoms. The number of nitrogens with one attached hydrogen (secondary N) is 1. The highest BCUT2D eigenvalue weighted by Gasteiger charge is 2.31. The van der Waals surface area contributed by atoms with Crippen molar-refractivity contribution in [3.8, 4) is 16.9 Å². The first-order valence-electron chi connectivity index (χ1n) is 12.1. The topological polar surface area (TPSA) is 55.6 Å². The Balaban J connectivity index is 1.52. The van der Waals surface area contributed by atoms with Gasteiger partial charge in [-0.05, 0) is 56.5 Å². The zero-order chi connectivity index (χ0) is 25.8. The molecular weight excluding hydrogens is 460 g/mol. The highest BCUT2D eigenvalue weighted by molar-refractivity contribution is 5.96. The number of ether oxygens (including phenoxy) is 1. The number of aryl methyl sites for hydroxylation is 1. The number of pyridine rings is 1. The van der Waals surface area contributed by atoms with Crippen LogP contribution in [0.5, 0.6) is 5.75 Å². The lowest BCUT2D eigenvalue weighted by atomic mass is 9.99. The molecule has 5 rings (SSSR count). The van der Waals surface area contributed by atoms with E-state index in [1.54, 1.807) is 23.6 Å². The van der Waals surface area contributed by atoms with Crippen molar-refractivity contribution in [2.45, 2.75) is 59.1 Å². The van der Waals surface area contributed by atoms with Crippen LogP contribution in [0, 0.1) is 18.6 Å². The molecule has 2 aromatic carbocycles. The molecule has 0 spiro atoms. The van der Waals surface area contributed by atoms with E-state index in [2.05, 4.69) is 16.5 Å². The van der Waals surface area contributed by atoms with Crippen molar-refractivity contribution in [3.05, 3.63) is 88.2 Å². The van der Waals surface area contributed by atoms with Crippen LogP contribution in [0.25, 0.3) is 16.6 Å². The van der Waals surface area contributed by atoms with Crippen LogP contribution in [0.3, 0.4) is 0 Å². The molecule has 4 aromatic rings. The van der Waals surface area contributed by atoms with Gasteiger partial charge in [0, 0.05) is 24.1 Å². The van der Waals surface area contributed by atoms with E-state index < -0.39 is 11.6 Å². The van der Waals surface area contributed by atoms with Crippen molar-refractivity contribution in [2.75, 3.05) is 0 Å². The van der Waals surface area contributed by atoms with Gasteiger partial charge in [0.1, 0.15) is 23.0 Å². The largest absolute Gasteiger partial charge is 0.487 e. The predicted octanol–water partition coefficient (Wildman–Crippen LogP) is 6.35. The molecule has 1 aliphatic rings. The molecule has 0 saturated heterocycles. The van der Waals surface area contributed by atoms with E-state index >= 15 is 0 Å². The summed E-state index contributed by atoms with van der Waals surface area (Å²) in [5, 5.41) is 7.62. The minimum Gasteiger partial charge on any atom is -0.487 e. The first-order chi connectivity index (χ1) is 17.1. The fraction of sp³-hybridized carbons (Fsp3) is 0.310. The molecule has 1 aliphatic heterocycles. The molecule has 0 atom stereocenters. The Morgan fingerprint density at radius 2 is 1.78 bits per heavy atom. The van der Waals surface area contributed by atoms with Crippen molar-refractivity contribution in [1.82, 2.24) is 14.9 Å². The van der Waals surface area contributed by atoms with Gasteiger partial charge in [-0.2, -0.15) is 5.10 Å². The third-order valence-corrected chi connectivity index (χ3v) is 6.62. The van der Waals surface area contributed by atoms with Crippen molar-refractivity contribution in [3.63, 3.8) is 0 Å². The Morgan fingerprint density at radius 1 is 1.08 bits per heavy atom. The zero-order valence-corrected chi connectivity index (χ0v) is 21.1. The minimum absolute atomic E-state index is 0.0721. The van der Waals surface area contributed by atoms with Crippen LogP contribution in [0.2, 0.25) is 0 Å². The summed E-state index contributed by atoms with van der Waals surface area (Å²) >= 11 is 0. The maximum Gasteiger partial charge on any atom is 0.253 e. The van der Waals surface area contributed by atoms with Gasteiger partial charge < -0.3 is 10.1 Å². The number of nitrogens with zero attached hydrogens (tertiary/aromatic N) is 2. The van der Waals surface area contributed by atoms with Crippen LogP contribution in [-0.4, -0.2) is 21.1 Å². The second-order valence-electron chi connectivity index (χ2n) is 10.3. The Bertz CT molecular complexity index is 1480. The minimum atomic E-state index is -0.651. The van der Waals surface area contributed by atoms with Gasteiger partial charge in [0.15, 0.2) is 0 Å². The smallest absolute Gasteiger partial charge is 0.253 e. The van der Waals surface area contributed by atoms with Gasteiger partial charge >= 0.3 is 0 Å². The highest BCUT2D eigenvalue weighted by atomic mass is 19.1. The van der Waals surface area contributed by atoms with Crippen LogP contribution < -0.4 is 10.1 Å². The summed E-state index contributed by atoms with van der Waals surface area (Å²) < 4.78 is 37.1. The summed E-state index contributed by atoms with van der Waals surface area (Å²) in [6, 6.07) is 13.2. The van der Waals surface area contributed by atoms with Gasteiger partial charge in [0.2, 0.25) is 0 Å². The summed E-state index contributed by atoms with van der Waals surface area (Å²) in [7, 11) is 0. The molecular formula is C29H29F2N3O2. The zero-order valence-electron chi connectivity index (χ0n) is 21.1. The van der Waals surface area contributed by atoms with E-state index in [1.165, 1.54) is 18.2 Å². The van der Waals surface area contributed by atoms with Gasteiger partial charge in [0.25, 0.3) is 5.91 Å². The van der Waals surface area contributed by atoms with E-state index in [0.717, 1.165) is 23.3 Å². The summed E-state index contributed by atoms with van der Waals surface area (Å²) in [4.78, 5) is 13.4. The summed E-state index contributed by atoms with van der Waals surface area (Å²) in [6.07, 6.45) is 0.821. The first kappa shape index (κ1) is 24.0. The van der Waals surface area contributed by atoms with E-state index in [0.29, 0.717) is 34.6 Å². The lowest BCUT2D eigenvalue weighted by Gasteiger charge is -2.19. The average Bonchev–Trinajstić information content (AvgIpc) is 3.31. The fourth-order valence-electron chi connectivity index (χ4n) is 5.13. The molecule has 3 heterocycles. The number of hydrogen-bond donors (Lipinski definition) is 1. The van der Waals surface area contributed by atoms with Crippen molar-refractivity contribution in [2.24, 2.45) is 0 Å². The number of carbonyl (C=O) groups excluding carboxylic acids is 1. The van der Waals surface area contributed by atoms with E-state index in [9.17, 15) is 13.6 Å². The number of carbonyl (C=O) groups is 1. The van der Waals surface area contributed by atoms with E-state index in [-0.39, 0.29) is 23.0 Å². The van der Waals surface area contributed by atoms with E-state index in [1.807, 2.05) is 39.8 Å². The Hall–Kier alpha value is -3.74. The molecule has 0 radical (unpaired) electrons. The third kappa shape index (κ3) is 4.02. The second kappa shape index (κ2) is 8.73. The molecule has 1 amide bonds. The van der Waals surface area contributed by atoms with Crippen LogP contribution in [-0.2, 0) is 13.0 Å². The molecule has 0 unspecified atom stereocenters. The van der Waals surface area contributed by atoms with Gasteiger partial charge in [-0.15, -0.1) is 0 Å². The van der Waals surface area contributed by atoms with Crippen molar-refractivity contribution in [1.29, 1.82) is 0 Å². The quantitative estimate of drug-likeness (QED) is 0.355. The number of para-hydroxylation sites is 1. The lowest BCUT2D eigenvalue weighted by Crippen LogP contribution is -2.27. The molecule has 0 aliphatic carbocycles. The number of amides is 1. The summed E-state index contributed by atoms with van der Waals surface area (Å²) in [5.41, 5.74) is 4.23. The lowest BCUT2D eigenvalue weighted by molar-refractivity contribution is 0.0948. The monoisotopic (exact) mass is 489 g/mol. The van der Waals surface area contributed by atoms with E-state index in [4.69, 9.17) is 4.74 Å². The number of hydrogen-bond acceptors (Lipinski definition) is 3. The van der Waals surface area contributed by atoms with Gasteiger partial charge in [-0.25, -0.2) is 13.3 Å². The Labute approximate surface area is 209 Å². The maximum atomic E-state index is 14.6. The molecule has 1 N–H and O–H groups in total. The number of fused-ring (bicyclic) bond motifs is 2. The number of rotatable bonds is 5. The molecule has 2 aromatic heterocycles. The summed E-state index contributed by atoms with van der Waals surface area (Å²) in [5.74, 6) is -0.788.